The van der Waals surface area contributed by atoms with E-state index < -0.39 is 65.2 Å². The molecule has 0 heterocycles. The van der Waals surface area contributed by atoms with E-state index in [9.17, 15) is 29.1 Å². The van der Waals surface area contributed by atoms with Crippen LogP contribution in [0.25, 0.3) is 0 Å². The zero-order valence-electron chi connectivity index (χ0n) is 28.7. The first-order valence-corrected chi connectivity index (χ1v) is 18.6. The van der Waals surface area contributed by atoms with Crippen molar-refractivity contribution < 1.29 is 33.8 Å². The quantitative estimate of drug-likeness (QED) is 0.139. The Labute approximate surface area is 297 Å². The van der Waals surface area contributed by atoms with Crippen LogP contribution in [0.4, 0.5) is 0 Å². The molecule has 4 bridgehead atoms. The summed E-state index contributed by atoms with van der Waals surface area (Å²) < 4.78 is 5.24. The number of carbonyl (C=O) groups is 5. The van der Waals surface area contributed by atoms with E-state index in [1.54, 1.807) is 12.1 Å². The molecular formula is C37H49N5O7S. The van der Waals surface area contributed by atoms with Crippen LogP contribution in [0, 0.1) is 23.2 Å². The van der Waals surface area contributed by atoms with Gasteiger partial charge in [0.15, 0.2) is 5.78 Å². The standard InChI is InChI=1S/C37H49N5O7S/c1-49-35(48)31-25-14-24-17-36(39,19-25)21-37(31,18-24)32(45)29(16-22-6-4-3-5-7-22)41-30(44)20-40-34(47)28(12-13-50-2)42-33(46)27(38)15-23-8-10-26(43)11-9-23/h3-11,24-25,27-29,31,43H,12-21,38-39H2,1-2H3,(H,40,47)(H,41,44)(H,42,46)/t24?,25?,27-,28+,29-,31?,36?,37?/m0/s1. The highest BCUT2D eigenvalue weighted by Crippen LogP contribution is 2.64. The minimum atomic E-state index is -1.06. The highest BCUT2D eigenvalue weighted by Gasteiger charge is 2.67. The normalized spacial score (nSPS) is 26.7. The lowest BCUT2D eigenvalue weighted by molar-refractivity contribution is -0.183. The lowest BCUT2D eigenvalue weighted by Gasteiger charge is -2.63. The highest BCUT2D eigenvalue weighted by molar-refractivity contribution is 7.98. The molecule has 12 nitrogen and oxygen atoms in total. The highest BCUT2D eigenvalue weighted by atomic mass is 32.2. The summed E-state index contributed by atoms with van der Waals surface area (Å²) in [5.41, 5.74) is 13.0. The van der Waals surface area contributed by atoms with Gasteiger partial charge in [0.1, 0.15) is 11.8 Å². The SMILES string of the molecule is COC(=O)C1C2CC3CC(N)(C2)CC1(C(=O)[C@H](Cc1ccccc1)NC(=O)CNC(=O)[C@@H](CCSC)NC(=O)[C@@H](N)Cc1ccc(O)cc1)C3. The van der Waals surface area contributed by atoms with E-state index in [1.165, 1.54) is 31.0 Å². The van der Waals surface area contributed by atoms with Gasteiger partial charge in [-0.1, -0.05) is 42.5 Å². The Hall–Kier alpha value is -3.94. The van der Waals surface area contributed by atoms with E-state index in [2.05, 4.69) is 16.0 Å². The van der Waals surface area contributed by atoms with Crippen molar-refractivity contribution in [2.75, 3.05) is 25.7 Å². The molecule has 3 amide bonds. The van der Waals surface area contributed by atoms with Gasteiger partial charge >= 0.3 is 5.97 Å². The van der Waals surface area contributed by atoms with Crippen molar-refractivity contribution in [1.82, 2.24) is 16.0 Å². The Morgan fingerprint density at radius 1 is 0.940 bits per heavy atom. The largest absolute Gasteiger partial charge is 0.508 e. The van der Waals surface area contributed by atoms with E-state index in [0.717, 1.165) is 24.0 Å². The fraction of sp³-hybridized carbons (Fsp3) is 0.541. The van der Waals surface area contributed by atoms with Crippen molar-refractivity contribution in [1.29, 1.82) is 0 Å². The third kappa shape index (κ3) is 8.50. The molecule has 0 saturated heterocycles. The second kappa shape index (κ2) is 15.9. The molecule has 4 aliphatic carbocycles. The van der Waals surface area contributed by atoms with Crippen LogP contribution >= 0.6 is 11.8 Å². The zero-order chi connectivity index (χ0) is 36.1. The molecule has 5 unspecified atom stereocenters. The summed E-state index contributed by atoms with van der Waals surface area (Å²) >= 11 is 1.51. The fourth-order valence-corrected chi connectivity index (χ4v) is 9.29. The number of Topliss-reactive ketones (excluding diaryl/α,β-unsaturated/α-hetero) is 1. The van der Waals surface area contributed by atoms with Gasteiger partial charge in [0.25, 0.3) is 0 Å². The maximum Gasteiger partial charge on any atom is 0.309 e. The van der Waals surface area contributed by atoms with Gasteiger partial charge in [0, 0.05) is 11.0 Å². The second-order valence-electron chi connectivity index (χ2n) is 14.4. The summed E-state index contributed by atoms with van der Waals surface area (Å²) in [5.74, 6) is -2.11. The smallest absolute Gasteiger partial charge is 0.309 e. The number of nitrogens with one attached hydrogen (secondary N) is 3. The van der Waals surface area contributed by atoms with Crippen LogP contribution in [0.1, 0.15) is 49.7 Å². The molecule has 0 aliphatic heterocycles. The molecule has 2 aromatic rings. The van der Waals surface area contributed by atoms with Crippen molar-refractivity contribution in [3.8, 4) is 5.75 Å². The number of esters is 1. The number of methoxy groups -OCH3 is 1. The third-order valence-electron chi connectivity index (χ3n) is 10.7. The van der Waals surface area contributed by atoms with Crippen LogP contribution in [0.5, 0.6) is 5.75 Å². The molecule has 0 radical (unpaired) electrons. The summed E-state index contributed by atoms with van der Waals surface area (Å²) in [7, 11) is 1.34. The van der Waals surface area contributed by atoms with Gasteiger partial charge in [-0.05, 0) is 98.5 Å². The number of amides is 3. The van der Waals surface area contributed by atoms with Crippen LogP contribution in [0.2, 0.25) is 0 Å². The van der Waals surface area contributed by atoms with Crippen molar-refractivity contribution in [2.45, 2.75) is 75.0 Å². The molecular weight excluding hydrogens is 659 g/mol. The average Bonchev–Trinajstić information content (AvgIpc) is 3.08. The molecule has 13 heteroatoms. The van der Waals surface area contributed by atoms with Gasteiger partial charge in [-0.25, -0.2) is 0 Å². The second-order valence-corrected chi connectivity index (χ2v) is 15.4. The number of ketones is 1. The first-order valence-electron chi connectivity index (χ1n) is 17.2. The van der Waals surface area contributed by atoms with Gasteiger partial charge in [-0.15, -0.1) is 0 Å². The number of thioether (sulfide) groups is 1. The monoisotopic (exact) mass is 707 g/mol. The molecule has 4 fully saturated rings. The van der Waals surface area contributed by atoms with Gasteiger partial charge in [0.2, 0.25) is 17.7 Å². The van der Waals surface area contributed by atoms with Gasteiger partial charge in [-0.3, -0.25) is 24.0 Å². The number of nitrogens with two attached hydrogens (primary N) is 2. The molecule has 270 valence electrons. The summed E-state index contributed by atoms with van der Waals surface area (Å²) in [6.07, 6.45) is 5.76. The third-order valence-corrected chi connectivity index (χ3v) is 11.3. The Morgan fingerprint density at radius 3 is 2.30 bits per heavy atom. The maximum absolute atomic E-state index is 14.8. The Bertz CT molecular complexity index is 1560. The number of phenols is 1. The summed E-state index contributed by atoms with van der Waals surface area (Å²) in [5, 5.41) is 17.8. The molecule has 2 aromatic carbocycles. The fourth-order valence-electron chi connectivity index (χ4n) is 8.82. The number of aromatic hydroxyl groups is 1. The predicted octanol–water partition coefficient (Wildman–Crippen LogP) is 1.61. The molecule has 4 saturated carbocycles. The molecule has 0 aromatic heterocycles. The average molecular weight is 708 g/mol. The van der Waals surface area contributed by atoms with Crippen molar-refractivity contribution in [2.24, 2.45) is 34.6 Å². The Kier molecular flexibility index (Phi) is 11.9. The minimum absolute atomic E-state index is 0.0624. The lowest BCUT2D eigenvalue weighted by Crippen LogP contribution is -2.69. The number of ether oxygens (including phenoxy) is 1. The number of phenolic OH excluding ortho intramolecular Hbond substituents is 1. The van der Waals surface area contributed by atoms with Crippen molar-refractivity contribution in [3.05, 3.63) is 65.7 Å². The lowest BCUT2D eigenvalue weighted by atomic mass is 9.41. The van der Waals surface area contributed by atoms with Crippen LogP contribution in [0.15, 0.2) is 54.6 Å². The molecule has 50 heavy (non-hydrogen) atoms. The van der Waals surface area contributed by atoms with Gasteiger partial charge in [0.05, 0.1) is 31.7 Å². The molecule has 8 atom stereocenters. The number of rotatable bonds is 16. The molecule has 0 spiro atoms. The van der Waals surface area contributed by atoms with Crippen LogP contribution in [0.3, 0.4) is 0 Å². The molecule has 8 N–H and O–H groups in total. The number of hydrogen-bond acceptors (Lipinski definition) is 10. The van der Waals surface area contributed by atoms with E-state index >= 15 is 0 Å². The van der Waals surface area contributed by atoms with E-state index in [-0.39, 0.29) is 36.2 Å². The van der Waals surface area contributed by atoms with Gasteiger partial charge < -0.3 is 37.3 Å². The van der Waals surface area contributed by atoms with Crippen LogP contribution in [-0.4, -0.2) is 83.9 Å². The number of carbonyl (C=O) groups excluding carboxylic acids is 5. The Morgan fingerprint density at radius 2 is 1.64 bits per heavy atom. The summed E-state index contributed by atoms with van der Waals surface area (Å²) in [6, 6.07) is 12.8. The van der Waals surface area contributed by atoms with E-state index in [1.807, 2.05) is 36.6 Å². The number of benzene rings is 2. The van der Waals surface area contributed by atoms with E-state index in [4.69, 9.17) is 16.2 Å². The zero-order valence-corrected chi connectivity index (χ0v) is 29.5. The first-order chi connectivity index (χ1) is 23.9. The van der Waals surface area contributed by atoms with Crippen LogP contribution in [-0.2, 0) is 41.6 Å². The number of hydrogen-bond donors (Lipinski definition) is 6. The predicted molar refractivity (Wildman–Crippen MR) is 190 cm³/mol. The van der Waals surface area contributed by atoms with Gasteiger partial charge in [-0.2, -0.15) is 11.8 Å². The van der Waals surface area contributed by atoms with Crippen LogP contribution < -0.4 is 27.4 Å². The first kappa shape index (κ1) is 37.3. The topological polar surface area (TPSA) is 203 Å². The molecule has 6 rings (SSSR count). The molecule has 4 aliphatic rings. The van der Waals surface area contributed by atoms with E-state index in [0.29, 0.717) is 31.4 Å². The van der Waals surface area contributed by atoms with Crippen molar-refractivity contribution >= 4 is 41.2 Å². The Balaban J connectivity index is 1.28. The van der Waals surface area contributed by atoms with Crippen molar-refractivity contribution in [3.63, 3.8) is 0 Å². The summed E-state index contributed by atoms with van der Waals surface area (Å²) in [6.45, 7) is -0.428. The maximum atomic E-state index is 14.8. The minimum Gasteiger partial charge on any atom is -0.508 e. The summed E-state index contributed by atoms with van der Waals surface area (Å²) in [4.78, 5) is 67.8.